The zero-order chi connectivity index (χ0) is 20.4. The van der Waals surface area contributed by atoms with Crippen LogP contribution in [0.1, 0.15) is 16.1 Å². The average molecular weight is 412 g/mol. The second kappa shape index (κ2) is 8.27. The maximum Gasteiger partial charge on any atom is 0.289 e. The zero-order valence-corrected chi connectivity index (χ0v) is 16.9. The molecule has 0 bridgehead atoms. The van der Waals surface area contributed by atoms with Crippen LogP contribution in [0.5, 0.6) is 0 Å². The Balaban J connectivity index is 1.31. The number of amides is 2. The van der Waals surface area contributed by atoms with Gasteiger partial charge in [-0.3, -0.25) is 14.5 Å². The van der Waals surface area contributed by atoms with Gasteiger partial charge in [0.05, 0.1) is 6.54 Å². The number of hydrogen-bond acceptors (Lipinski definition) is 4. The predicted octanol–water partition coefficient (Wildman–Crippen LogP) is 3.79. The van der Waals surface area contributed by atoms with Crippen LogP contribution in [0.2, 0.25) is 5.02 Å². The molecule has 1 aliphatic heterocycles. The van der Waals surface area contributed by atoms with Crippen molar-refractivity contribution in [1.82, 2.24) is 9.80 Å². The number of para-hydroxylation sites is 1. The van der Waals surface area contributed by atoms with Gasteiger partial charge in [0.1, 0.15) is 5.58 Å². The molecular weight excluding hydrogens is 390 g/mol. The summed E-state index contributed by atoms with van der Waals surface area (Å²) >= 11 is 6.10. The van der Waals surface area contributed by atoms with Crippen LogP contribution in [0.25, 0.3) is 11.0 Å². The van der Waals surface area contributed by atoms with Crippen molar-refractivity contribution in [3.05, 3.63) is 64.9 Å². The molecule has 1 aromatic heterocycles. The van der Waals surface area contributed by atoms with Crippen molar-refractivity contribution in [2.45, 2.75) is 6.92 Å². The van der Waals surface area contributed by atoms with Gasteiger partial charge in [0.25, 0.3) is 5.91 Å². The Morgan fingerprint density at radius 1 is 1.07 bits per heavy atom. The lowest BCUT2D eigenvalue weighted by molar-refractivity contribution is -0.117. The molecule has 1 saturated heterocycles. The summed E-state index contributed by atoms with van der Waals surface area (Å²) in [7, 11) is 0. The van der Waals surface area contributed by atoms with Gasteiger partial charge >= 0.3 is 0 Å². The standard InChI is InChI=1S/C22H22ClN3O3/c1-15-17(23)6-4-7-18(15)24-21(27)14-25-9-11-26(12-10-25)22(28)20-13-16-5-2-3-8-19(16)29-20/h2-8,13H,9-12,14H2,1H3,(H,24,27). The van der Waals surface area contributed by atoms with Crippen molar-refractivity contribution in [2.24, 2.45) is 0 Å². The summed E-state index contributed by atoms with van der Waals surface area (Å²) in [6.45, 7) is 4.53. The van der Waals surface area contributed by atoms with Crippen LogP contribution in [0, 0.1) is 6.92 Å². The number of carbonyl (C=O) groups is 2. The summed E-state index contributed by atoms with van der Waals surface area (Å²) < 4.78 is 5.68. The first-order chi connectivity index (χ1) is 14.0. The van der Waals surface area contributed by atoms with Gasteiger partial charge in [0.2, 0.25) is 5.91 Å². The fourth-order valence-electron chi connectivity index (χ4n) is 3.49. The average Bonchev–Trinajstić information content (AvgIpc) is 3.16. The SMILES string of the molecule is Cc1c(Cl)cccc1NC(=O)CN1CCN(C(=O)c2cc3ccccc3o2)CC1. The minimum absolute atomic E-state index is 0.0903. The molecule has 2 heterocycles. The van der Waals surface area contributed by atoms with Gasteiger partial charge in [-0.2, -0.15) is 0 Å². The lowest BCUT2D eigenvalue weighted by atomic mass is 10.2. The molecular formula is C22H22ClN3O3. The van der Waals surface area contributed by atoms with E-state index in [4.69, 9.17) is 16.0 Å². The third-order valence-electron chi connectivity index (χ3n) is 5.20. The minimum Gasteiger partial charge on any atom is -0.451 e. The molecule has 150 valence electrons. The minimum atomic E-state index is -0.111. The van der Waals surface area contributed by atoms with Crippen molar-refractivity contribution in [3.63, 3.8) is 0 Å². The highest BCUT2D eigenvalue weighted by atomic mass is 35.5. The molecule has 1 aliphatic rings. The van der Waals surface area contributed by atoms with E-state index in [1.807, 2.05) is 48.2 Å². The Labute approximate surface area is 174 Å². The second-order valence-corrected chi connectivity index (χ2v) is 7.58. The third kappa shape index (κ3) is 4.28. The molecule has 6 nitrogen and oxygen atoms in total. The first kappa shape index (κ1) is 19.5. The molecule has 2 aromatic carbocycles. The van der Waals surface area contributed by atoms with Gasteiger partial charge < -0.3 is 14.6 Å². The number of piperazine rings is 1. The molecule has 2 amide bonds. The van der Waals surface area contributed by atoms with E-state index in [2.05, 4.69) is 5.32 Å². The Bertz CT molecular complexity index is 1020. The van der Waals surface area contributed by atoms with Crippen LogP contribution in [0.15, 0.2) is 52.9 Å². The van der Waals surface area contributed by atoms with E-state index in [0.717, 1.165) is 16.6 Å². The fourth-order valence-corrected chi connectivity index (χ4v) is 3.66. The van der Waals surface area contributed by atoms with Gasteiger partial charge in [-0.05, 0) is 36.8 Å². The number of nitrogens with zero attached hydrogens (tertiary/aromatic N) is 2. The Morgan fingerprint density at radius 3 is 2.59 bits per heavy atom. The number of anilines is 1. The Hall–Kier alpha value is -2.83. The quantitative estimate of drug-likeness (QED) is 0.709. The van der Waals surface area contributed by atoms with E-state index in [9.17, 15) is 9.59 Å². The smallest absolute Gasteiger partial charge is 0.289 e. The zero-order valence-electron chi connectivity index (χ0n) is 16.2. The number of nitrogens with one attached hydrogen (secondary N) is 1. The molecule has 0 spiro atoms. The van der Waals surface area contributed by atoms with E-state index >= 15 is 0 Å². The molecule has 0 radical (unpaired) electrons. The lowest BCUT2D eigenvalue weighted by Gasteiger charge is -2.33. The van der Waals surface area contributed by atoms with Gasteiger partial charge in [-0.15, -0.1) is 0 Å². The second-order valence-electron chi connectivity index (χ2n) is 7.18. The largest absolute Gasteiger partial charge is 0.451 e. The number of hydrogen-bond donors (Lipinski definition) is 1. The van der Waals surface area contributed by atoms with Crippen molar-refractivity contribution in [1.29, 1.82) is 0 Å². The maximum absolute atomic E-state index is 12.7. The number of furan rings is 1. The molecule has 1 N–H and O–H groups in total. The molecule has 29 heavy (non-hydrogen) atoms. The molecule has 7 heteroatoms. The van der Waals surface area contributed by atoms with Crippen LogP contribution in [-0.2, 0) is 4.79 Å². The summed E-state index contributed by atoms with van der Waals surface area (Å²) in [5, 5.41) is 4.46. The van der Waals surface area contributed by atoms with E-state index in [1.54, 1.807) is 17.0 Å². The highest BCUT2D eigenvalue weighted by molar-refractivity contribution is 6.31. The van der Waals surface area contributed by atoms with Gasteiger partial charge in [0, 0.05) is 42.3 Å². The number of rotatable bonds is 4. The fraction of sp³-hybridized carbons (Fsp3) is 0.273. The normalized spacial score (nSPS) is 14.9. The Kier molecular flexibility index (Phi) is 5.56. The van der Waals surface area contributed by atoms with Crippen LogP contribution in [0.4, 0.5) is 5.69 Å². The third-order valence-corrected chi connectivity index (χ3v) is 5.61. The molecule has 0 saturated carbocycles. The molecule has 3 aromatic rings. The van der Waals surface area contributed by atoms with Crippen LogP contribution in [0.3, 0.4) is 0 Å². The van der Waals surface area contributed by atoms with Crippen LogP contribution in [-0.4, -0.2) is 54.3 Å². The van der Waals surface area contributed by atoms with E-state index in [1.165, 1.54) is 0 Å². The molecule has 1 fully saturated rings. The number of fused-ring (bicyclic) bond motifs is 1. The first-order valence-corrected chi connectivity index (χ1v) is 9.94. The highest BCUT2D eigenvalue weighted by Gasteiger charge is 2.25. The van der Waals surface area contributed by atoms with Gasteiger partial charge in [-0.25, -0.2) is 0 Å². The monoisotopic (exact) mass is 411 g/mol. The summed E-state index contributed by atoms with van der Waals surface area (Å²) in [6, 6.07) is 14.8. The number of carbonyl (C=O) groups excluding carboxylic acids is 2. The van der Waals surface area contributed by atoms with Crippen LogP contribution < -0.4 is 5.32 Å². The van der Waals surface area contributed by atoms with Crippen molar-refractivity contribution >= 4 is 40.1 Å². The molecule has 0 unspecified atom stereocenters. The van der Waals surface area contributed by atoms with Gasteiger partial charge in [-0.1, -0.05) is 35.9 Å². The summed E-state index contributed by atoms with van der Waals surface area (Å²) in [6.07, 6.45) is 0. The van der Waals surface area contributed by atoms with E-state index in [-0.39, 0.29) is 18.4 Å². The summed E-state index contributed by atoms with van der Waals surface area (Å²) in [5.41, 5.74) is 2.28. The molecule has 4 rings (SSSR count). The lowest BCUT2D eigenvalue weighted by Crippen LogP contribution is -2.50. The Morgan fingerprint density at radius 2 is 1.83 bits per heavy atom. The molecule has 0 aliphatic carbocycles. The summed E-state index contributed by atoms with van der Waals surface area (Å²) in [4.78, 5) is 28.9. The molecule has 0 atom stereocenters. The highest BCUT2D eigenvalue weighted by Crippen LogP contribution is 2.23. The van der Waals surface area contributed by atoms with Crippen molar-refractivity contribution < 1.29 is 14.0 Å². The first-order valence-electron chi connectivity index (χ1n) is 9.56. The summed E-state index contributed by atoms with van der Waals surface area (Å²) in [5.74, 6) is 0.154. The van der Waals surface area contributed by atoms with E-state index < -0.39 is 0 Å². The van der Waals surface area contributed by atoms with Crippen molar-refractivity contribution in [2.75, 3.05) is 38.0 Å². The maximum atomic E-state index is 12.7. The van der Waals surface area contributed by atoms with Crippen LogP contribution >= 0.6 is 11.6 Å². The van der Waals surface area contributed by atoms with Crippen molar-refractivity contribution in [3.8, 4) is 0 Å². The predicted molar refractivity (Wildman–Crippen MR) is 113 cm³/mol. The van der Waals surface area contributed by atoms with Gasteiger partial charge in [0.15, 0.2) is 5.76 Å². The van der Waals surface area contributed by atoms with E-state index in [0.29, 0.717) is 42.5 Å². The number of benzene rings is 2. The number of halogens is 1. The topological polar surface area (TPSA) is 65.8 Å².